The van der Waals surface area contributed by atoms with E-state index >= 15 is 0 Å². The lowest BCUT2D eigenvalue weighted by atomic mass is 9.84. The highest BCUT2D eigenvalue weighted by atomic mass is 79.9. The number of nitrogens with zero attached hydrogens (tertiary/aromatic N) is 2. The Balaban J connectivity index is 2.08. The molecular formula is C15H19BrFN3O. The third kappa shape index (κ3) is 4.61. The maximum atomic E-state index is 13.4. The molecule has 1 aromatic carbocycles. The maximum Gasteiger partial charge on any atom is 0.226 e. The van der Waals surface area contributed by atoms with Crippen molar-refractivity contribution in [1.29, 1.82) is 0 Å². The molecule has 1 aromatic heterocycles. The lowest BCUT2D eigenvalue weighted by Crippen LogP contribution is -2.17. The van der Waals surface area contributed by atoms with Crippen LogP contribution in [0.4, 0.5) is 4.39 Å². The second-order valence-electron chi connectivity index (χ2n) is 5.87. The lowest BCUT2D eigenvalue weighted by molar-refractivity contribution is 0.289. The summed E-state index contributed by atoms with van der Waals surface area (Å²) in [6, 6.07) is 4.54. The molecule has 0 radical (unpaired) electrons. The van der Waals surface area contributed by atoms with Crippen LogP contribution in [0.15, 0.2) is 27.2 Å². The lowest BCUT2D eigenvalue weighted by Gasteiger charge is -2.22. The summed E-state index contributed by atoms with van der Waals surface area (Å²) in [5.41, 5.74) is 6.34. The van der Waals surface area contributed by atoms with E-state index in [0.717, 1.165) is 12.8 Å². The third-order valence-electron chi connectivity index (χ3n) is 3.43. The highest BCUT2D eigenvalue weighted by Gasteiger charge is 2.19. The summed E-state index contributed by atoms with van der Waals surface area (Å²) in [6.45, 7) is 5.00. The van der Waals surface area contributed by atoms with Crippen LogP contribution in [0, 0.1) is 11.2 Å². The van der Waals surface area contributed by atoms with Gasteiger partial charge >= 0.3 is 0 Å². The maximum absolute atomic E-state index is 13.4. The summed E-state index contributed by atoms with van der Waals surface area (Å²) in [7, 11) is 0. The Kier molecular flexibility index (Phi) is 5.11. The molecule has 6 heteroatoms. The molecule has 0 spiro atoms. The smallest absolute Gasteiger partial charge is 0.226 e. The minimum absolute atomic E-state index is 0.144. The standard InChI is InChI=1S/C15H19BrFN3O/c1-15(2,5-6-18)4-3-13-19-14(20-21-13)10-7-11(16)9-12(17)8-10/h7-9H,3-6,18H2,1-2H3. The Labute approximate surface area is 132 Å². The molecule has 0 atom stereocenters. The largest absolute Gasteiger partial charge is 0.339 e. The van der Waals surface area contributed by atoms with Crippen LogP contribution in [0.5, 0.6) is 0 Å². The molecule has 0 saturated carbocycles. The predicted molar refractivity (Wildman–Crippen MR) is 83.2 cm³/mol. The van der Waals surface area contributed by atoms with E-state index in [-0.39, 0.29) is 11.2 Å². The number of rotatable bonds is 6. The molecule has 114 valence electrons. The average Bonchev–Trinajstić information content (AvgIpc) is 2.84. The molecule has 21 heavy (non-hydrogen) atoms. The molecule has 4 nitrogen and oxygen atoms in total. The van der Waals surface area contributed by atoms with Gasteiger partial charge in [-0.2, -0.15) is 4.98 Å². The summed E-state index contributed by atoms with van der Waals surface area (Å²) in [6.07, 6.45) is 2.56. The molecule has 0 fully saturated rings. The van der Waals surface area contributed by atoms with E-state index in [9.17, 15) is 4.39 Å². The topological polar surface area (TPSA) is 64.9 Å². The number of nitrogens with two attached hydrogens (primary N) is 1. The van der Waals surface area contributed by atoms with Gasteiger partial charge in [0, 0.05) is 16.5 Å². The molecule has 0 bridgehead atoms. The molecule has 2 N–H and O–H groups in total. The Morgan fingerprint density at radius 1 is 1.29 bits per heavy atom. The van der Waals surface area contributed by atoms with Crippen LogP contribution >= 0.6 is 15.9 Å². The molecule has 0 aliphatic heterocycles. The van der Waals surface area contributed by atoms with Crippen LogP contribution < -0.4 is 5.73 Å². The fraction of sp³-hybridized carbons (Fsp3) is 0.467. The molecule has 0 unspecified atom stereocenters. The zero-order valence-corrected chi connectivity index (χ0v) is 13.8. The zero-order chi connectivity index (χ0) is 15.5. The van der Waals surface area contributed by atoms with Gasteiger partial charge in [-0.1, -0.05) is 34.9 Å². The van der Waals surface area contributed by atoms with Gasteiger partial charge in [0.25, 0.3) is 0 Å². The molecule has 1 heterocycles. The van der Waals surface area contributed by atoms with Gasteiger partial charge in [0.15, 0.2) is 0 Å². The van der Waals surface area contributed by atoms with Crippen LogP contribution in [-0.2, 0) is 6.42 Å². The van der Waals surface area contributed by atoms with Gasteiger partial charge in [0.2, 0.25) is 11.7 Å². The van der Waals surface area contributed by atoms with Crippen molar-refractivity contribution in [3.8, 4) is 11.4 Å². The Hall–Kier alpha value is -1.27. The quantitative estimate of drug-likeness (QED) is 0.851. The van der Waals surface area contributed by atoms with Crippen LogP contribution in [0.3, 0.4) is 0 Å². The van der Waals surface area contributed by atoms with E-state index in [1.165, 1.54) is 12.1 Å². The highest BCUT2D eigenvalue weighted by Crippen LogP contribution is 2.27. The number of benzene rings is 1. The van der Waals surface area contributed by atoms with Gasteiger partial charge in [0.05, 0.1) is 0 Å². The molecular weight excluding hydrogens is 337 g/mol. The fourth-order valence-corrected chi connectivity index (χ4v) is 2.58. The van der Waals surface area contributed by atoms with Gasteiger partial charge in [-0.05, 0) is 43.0 Å². The van der Waals surface area contributed by atoms with Crippen LogP contribution in [0.1, 0.15) is 32.6 Å². The fourth-order valence-electron chi connectivity index (χ4n) is 2.12. The number of aromatic nitrogens is 2. The minimum Gasteiger partial charge on any atom is -0.339 e. The van der Waals surface area contributed by atoms with E-state index in [1.807, 2.05) is 0 Å². The Morgan fingerprint density at radius 2 is 2.05 bits per heavy atom. The van der Waals surface area contributed by atoms with E-state index in [0.29, 0.717) is 34.7 Å². The Bertz CT molecular complexity index is 592. The van der Waals surface area contributed by atoms with E-state index < -0.39 is 0 Å². The van der Waals surface area contributed by atoms with Crippen molar-refractivity contribution in [2.45, 2.75) is 33.1 Å². The summed E-state index contributed by atoms with van der Waals surface area (Å²) in [5.74, 6) is 0.632. The first-order valence-corrected chi connectivity index (χ1v) is 7.68. The second-order valence-corrected chi connectivity index (χ2v) is 6.79. The monoisotopic (exact) mass is 355 g/mol. The predicted octanol–water partition coefficient (Wildman–Crippen LogP) is 3.95. The molecule has 0 saturated heterocycles. The molecule has 0 amide bonds. The van der Waals surface area contributed by atoms with Gasteiger partial charge in [-0.3, -0.25) is 0 Å². The first-order chi connectivity index (χ1) is 9.89. The van der Waals surface area contributed by atoms with Crippen molar-refractivity contribution in [1.82, 2.24) is 10.1 Å². The molecule has 2 aromatic rings. The Morgan fingerprint density at radius 3 is 2.71 bits per heavy atom. The van der Waals surface area contributed by atoms with Gasteiger partial charge < -0.3 is 10.3 Å². The molecule has 0 aliphatic carbocycles. The number of hydrogen-bond acceptors (Lipinski definition) is 4. The van der Waals surface area contributed by atoms with Gasteiger partial charge in [-0.15, -0.1) is 0 Å². The van der Waals surface area contributed by atoms with Crippen molar-refractivity contribution in [2.75, 3.05) is 6.54 Å². The van der Waals surface area contributed by atoms with Crippen LogP contribution in [0.25, 0.3) is 11.4 Å². The van der Waals surface area contributed by atoms with Crippen LogP contribution in [-0.4, -0.2) is 16.7 Å². The molecule has 0 aliphatic rings. The van der Waals surface area contributed by atoms with E-state index in [4.69, 9.17) is 10.3 Å². The normalized spacial score (nSPS) is 11.9. The van der Waals surface area contributed by atoms with Crippen LogP contribution in [0.2, 0.25) is 0 Å². The highest BCUT2D eigenvalue weighted by molar-refractivity contribution is 9.10. The first kappa shape index (κ1) is 16.1. The van der Waals surface area contributed by atoms with Crippen molar-refractivity contribution in [2.24, 2.45) is 11.1 Å². The van der Waals surface area contributed by atoms with Crippen molar-refractivity contribution >= 4 is 15.9 Å². The summed E-state index contributed by atoms with van der Waals surface area (Å²) >= 11 is 3.25. The summed E-state index contributed by atoms with van der Waals surface area (Å²) < 4.78 is 19.3. The SMILES string of the molecule is CC(C)(CCN)CCc1nc(-c2cc(F)cc(Br)c2)no1. The number of aryl methyl sites for hydroxylation is 1. The minimum atomic E-state index is -0.338. The second kappa shape index (κ2) is 6.66. The van der Waals surface area contributed by atoms with Gasteiger partial charge in [0.1, 0.15) is 5.82 Å². The summed E-state index contributed by atoms with van der Waals surface area (Å²) in [4.78, 5) is 4.33. The third-order valence-corrected chi connectivity index (χ3v) is 3.88. The van der Waals surface area contributed by atoms with Crippen molar-refractivity contribution < 1.29 is 8.91 Å². The van der Waals surface area contributed by atoms with Crippen molar-refractivity contribution in [3.63, 3.8) is 0 Å². The van der Waals surface area contributed by atoms with E-state index in [1.54, 1.807) is 6.07 Å². The first-order valence-electron chi connectivity index (χ1n) is 6.89. The van der Waals surface area contributed by atoms with E-state index in [2.05, 4.69) is 39.9 Å². The average molecular weight is 356 g/mol. The number of halogens is 2. The van der Waals surface area contributed by atoms with Gasteiger partial charge in [-0.25, -0.2) is 4.39 Å². The van der Waals surface area contributed by atoms with Crippen molar-refractivity contribution in [3.05, 3.63) is 34.4 Å². The molecule has 2 rings (SSSR count). The zero-order valence-electron chi connectivity index (χ0n) is 12.2. The summed E-state index contributed by atoms with van der Waals surface area (Å²) in [5, 5.41) is 3.92. The number of hydrogen-bond donors (Lipinski definition) is 1.